The van der Waals surface area contributed by atoms with E-state index >= 15 is 0 Å². The van der Waals surface area contributed by atoms with Crippen LogP contribution in [0.1, 0.15) is 33.6 Å². The second-order valence-corrected chi connectivity index (χ2v) is 5.58. The zero-order valence-electron chi connectivity index (χ0n) is 9.62. The lowest BCUT2D eigenvalue weighted by atomic mass is 10.2. The largest absolute Gasteiger partial charge is 0.444 e. The van der Waals surface area contributed by atoms with Crippen LogP contribution in [0.2, 0.25) is 0 Å². The number of piperidine rings is 1. The maximum absolute atomic E-state index is 11.9. The SMILES string of the molecule is CC(C)(C)OC(=O)N1CC[C@H]2C[C@@]21CO. The van der Waals surface area contributed by atoms with E-state index in [-0.39, 0.29) is 18.2 Å². The second kappa shape index (κ2) is 3.11. The van der Waals surface area contributed by atoms with E-state index in [1.807, 2.05) is 20.8 Å². The number of carbonyl (C=O) groups is 1. The fourth-order valence-electron chi connectivity index (χ4n) is 2.45. The van der Waals surface area contributed by atoms with Gasteiger partial charge in [-0.2, -0.15) is 0 Å². The van der Waals surface area contributed by atoms with Crippen LogP contribution in [0.5, 0.6) is 0 Å². The maximum atomic E-state index is 11.9. The van der Waals surface area contributed by atoms with E-state index in [2.05, 4.69) is 0 Å². The van der Waals surface area contributed by atoms with Crippen LogP contribution in [-0.2, 0) is 4.74 Å². The fourth-order valence-corrected chi connectivity index (χ4v) is 2.45. The molecule has 1 aliphatic heterocycles. The summed E-state index contributed by atoms with van der Waals surface area (Å²) in [6, 6.07) is 0. The van der Waals surface area contributed by atoms with E-state index in [0.717, 1.165) is 19.4 Å². The van der Waals surface area contributed by atoms with Gasteiger partial charge in [-0.1, -0.05) is 0 Å². The molecule has 1 amide bonds. The Morgan fingerprint density at radius 3 is 2.73 bits per heavy atom. The predicted molar refractivity (Wildman–Crippen MR) is 55.5 cm³/mol. The molecule has 0 unspecified atom stereocenters. The molecule has 0 radical (unpaired) electrons. The standard InChI is InChI=1S/C11H19NO3/c1-10(2,3)15-9(14)12-5-4-8-6-11(8,12)7-13/h8,13H,4-7H2,1-3H3/t8-,11+/m0/s1. The molecule has 1 saturated heterocycles. The minimum atomic E-state index is -0.458. The van der Waals surface area contributed by atoms with Gasteiger partial charge < -0.3 is 9.84 Å². The minimum absolute atomic E-state index is 0.0664. The average Bonchev–Trinajstić information content (AvgIpc) is 2.70. The average molecular weight is 213 g/mol. The molecule has 2 aliphatic rings. The predicted octanol–water partition coefficient (Wildman–Crippen LogP) is 1.38. The molecule has 2 rings (SSSR count). The highest BCUT2D eigenvalue weighted by Crippen LogP contribution is 2.55. The molecule has 1 saturated carbocycles. The highest BCUT2D eigenvalue weighted by Gasteiger charge is 2.63. The molecule has 0 aromatic rings. The van der Waals surface area contributed by atoms with Gasteiger partial charge in [-0.3, -0.25) is 4.90 Å². The van der Waals surface area contributed by atoms with Crippen molar-refractivity contribution < 1.29 is 14.6 Å². The normalized spacial score (nSPS) is 33.9. The lowest BCUT2D eigenvalue weighted by Gasteiger charge is -2.30. The zero-order chi connectivity index (χ0) is 11.3. The van der Waals surface area contributed by atoms with Crippen molar-refractivity contribution >= 4 is 6.09 Å². The number of fused-ring (bicyclic) bond motifs is 1. The first-order chi connectivity index (χ1) is 6.89. The first-order valence-electron chi connectivity index (χ1n) is 5.50. The summed E-state index contributed by atoms with van der Waals surface area (Å²) in [5.74, 6) is 0.495. The molecule has 1 N–H and O–H groups in total. The Hall–Kier alpha value is -0.770. The number of rotatable bonds is 1. The van der Waals surface area contributed by atoms with E-state index in [1.54, 1.807) is 4.90 Å². The maximum Gasteiger partial charge on any atom is 0.410 e. The molecule has 1 heterocycles. The summed E-state index contributed by atoms with van der Waals surface area (Å²) >= 11 is 0. The van der Waals surface area contributed by atoms with Crippen LogP contribution in [0.25, 0.3) is 0 Å². The molecular weight excluding hydrogens is 194 g/mol. The van der Waals surface area contributed by atoms with E-state index < -0.39 is 5.60 Å². The number of carbonyl (C=O) groups excluding carboxylic acids is 1. The van der Waals surface area contributed by atoms with E-state index in [9.17, 15) is 9.90 Å². The lowest BCUT2D eigenvalue weighted by molar-refractivity contribution is 0.0105. The van der Waals surface area contributed by atoms with Gasteiger partial charge in [0, 0.05) is 6.54 Å². The number of hydrogen-bond acceptors (Lipinski definition) is 3. The van der Waals surface area contributed by atoms with Crippen molar-refractivity contribution in [2.75, 3.05) is 13.2 Å². The quantitative estimate of drug-likeness (QED) is 0.716. The molecule has 86 valence electrons. The van der Waals surface area contributed by atoms with Crippen LogP contribution in [0.3, 0.4) is 0 Å². The van der Waals surface area contributed by atoms with Crippen LogP contribution < -0.4 is 0 Å². The van der Waals surface area contributed by atoms with Crippen molar-refractivity contribution in [2.24, 2.45) is 5.92 Å². The van der Waals surface area contributed by atoms with Gasteiger partial charge in [-0.15, -0.1) is 0 Å². The van der Waals surface area contributed by atoms with Crippen LogP contribution in [0, 0.1) is 5.92 Å². The molecule has 0 aromatic carbocycles. The van der Waals surface area contributed by atoms with E-state index in [4.69, 9.17) is 4.74 Å². The smallest absolute Gasteiger partial charge is 0.410 e. The molecule has 4 nitrogen and oxygen atoms in total. The molecule has 0 aromatic heterocycles. The first-order valence-corrected chi connectivity index (χ1v) is 5.50. The minimum Gasteiger partial charge on any atom is -0.444 e. The number of ether oxygens (including phenoxy) is 1. The van der Waals surface area contributed by atoms with Gasteiger partial charge >= 0.3 is 6.09 Å². The first kappa shape index (κ1) is 10.7. The summed E-state index contributed by atoms with van der Waals surface area (Å²) in [7, 11) is 0. The Labute approximate surface area is 90.2 Å². The Morgan fingerprint density at radius 1 is 1.60 bits per heavy atom. The summed E-state index contributed by atoms with van der Waals surface area (Å²) in [6.45, 7) is 6.36. The van der Waals surface area contributed by atoms with Gasteiger partial charge in [-0.25, -0.2) is 4.79 Å². The van der Waals surface area contributed by atoms with Gasteiger partial charge in [0.25, 0.3) is 0 Å². The van der Waals surface area contributed by atoms with Gasteiger partial charge in [0.2, 0.25) is 0 Å². The van der Waals surface area contributed by atoms with Gasteiger partial charge in [0.15, 0.2) is 0 Å². The number of aliphatic hydroxyl groups excluding tert-OH is 1. The topological polar surface area (TPSA) is 49.8 Å². The van der Waals surface area contributed by atoms with Crippen molar-refractivity contribution in [3.63, 3.8) is 0 Å². The van der Waals surface area contributed by atoms with Gasteiger partial charge in [0.05, 0.1) is 12.1 Å². The number of amides is 1. The van der Waals surface area contributed by atoms with Crippen molar-refractivity contribution in [1.82, 2.24) is 4.90 Å². The zero-order valence-corrected chi connectivity index (χ0v) is 9.62. The van der Waals surface area contributed by atoms with Crippen molar-refractivity contribution in [3.05, 3.63) is 0 Å². The molecule has 4 heteroatoms. The Morgan fingerprint density at radius 2 is 2.27 bits per heavy atom. The van der Waals surface area contributed by atoms with Crippen LogP contribution >= 0.6 is 0 Å². The third-order valence-corrected chi connectivity index (χ3v) is 3.33. The third-order valence-electron chi connectivity index (χ3n) is 3.33. The monoisotopic (exact) mass is 213 g/mol. The molecule has 2 fully saturated rings. The highest BCUT2D eigenvalue weighted by atomic mass is 16.6. The van der Waals surface area contributed by atoms with Crippen molar-refractivity contribution in [2.45, 2.75) is 44.8 Å². The van der Waals surface area contributed by atoms with Crippen molar-refractivity contribution in [3.8, 4) is 0 Å². The number of aliphatic hydroxyl groups is 1. The Kier molecular flexibility index (Phi) is 2.23. The van der Waals surface area contributed by atoms with Gasteiger partial charge in [0.1, 0.15) is 5.60 Å². The number of hydrogen-bond donors (Lipinski definition) is 1. The molecule has 0 spiro atoms. The summed E-state index contributed by atoms with van der Waals surface area (Å²) < 4.78 is 5.32. The van der Waals surface area contributed by atoms with Crippen LogP contribution in [0.4, 0.5) is 4.79 Å². The third kappa shape index (κ3) is 1.71. The fraction of sp³-hybridized carbons (Fsp3) is 0.909. The summed E-state index contributed by atoms with van der Waals surface area (Å²) in [6.07, 6.45) is 1.65. The van der Waals surface area contributed by atoms with Gasteiger partial charge in [-0.05, 0) is 39.5 Å². The Bertz CT molecular complexity index is 280. The summed E-state index contributed by atoms with van der Waals surface area (Å²) in [5.41, 5.74) is -0.733. The Balaban J connectivity index is 2.02. The molecule has 0 bridgehead atoms. The second-order valence-electron chi connectivity index (χ2n) is 5.58. The summed E-state index contributed by atoms with van der Waals surface area (Å²) in [5, 5.41) is 9.34. The van der Waals surface area contributed by atoms with E-state index in [1.165, 1.54) is 0 Å². The highest BCUT2D eigenvalue weighted by molar-refractivity contribution is 5.71. The lowest BCUT2D eigenvalue weighted by Crippen LogP contribution is -2.45. The van der Waals surface area contributed by atoms with Crippen molar-refractivity contribution in [1.29, 1.82) is 0 Å². The molecule has 1 aliphatic carbocycles. The number of likely N-dealkylation sites (tertiary alicyclic amines) is 1. The summed E-state index contributed by atoms with van der Waals surface area (Å²) in [4.78, 5) is 13.6. The molecule has 2 atom stereocenters. The molecule has 15 heavy (non-hydrogen) atoms. The van der Waals surface area contributed by atoms with Crippen LogP contribution in [-0.4, -0.2) is 40.4 Å². The molecular formula is C11H19NO3. The van der Waals surface area contributed by atoms with E-state index in [0.29, 0.717) is 5.92 Å². The number of nitrogens with zero attached hydrogens (tertiary/aromatic N) is 1. The van der Waals surface area contributed by atoms with Crippen LogP contribution in [0.15, 0.2) is 0 Å².